The fourth-order valence-corrected chi connectivity index (χ4v) is 3.34. The van der Waals surface area contributed by atoms with Crippen LogP contribution in [0, 0.1) is 13.8 Å². The van der Waals surface area contributed by atoms with Crippen LogP contribution in [0.1, 0.15) is 35.0 Å². The zero-order valence-corrected chi connectivity index (χ0v) is 14.3. The third kappa shape index (κ3) is 3.27. The van der Waals surface area contributed by atoms with Gasteiger partial charge in [-0.1, -0.05) is 30.4 Å². The number of furan rings is 1. The second kappa shape index (κ2) is 6.50. The Bertz CT molecular complexity index is 851. The summed E-state index contributed by atoms with van der Waals surface area (Å²) in [6, 6.07) is 4.06. The Labute approximate surface area is 138 Å². The minimum absolute atomic E-state index is 0.106. The number of hydrogen-bond acceptors (Lipinski definition) is 5. The van der Waals surface area contributed by atoms with Crippen LogP contribution in [-0.4, -0.2) is 16.1 Å². The van der Waals surface area contributed by atoms with Gasteiger partial charge in [-0.25, -0.2) is 0 Å². The first kappa shape index (κ1) is 15.7. The summed E-state index contributed by atoms with van der Waals surface area (Å²) in [5, 5.41) is 13.4. The molecule has 0 spiro atoms. The van der Waals surface area contributed by atoms with Crippen LogP contribution in [0.25, 0.3) is 11.0 Å². The van der Waals surface area contributed by atoms with Gasteiger partial charge in [-0.15, -0.1) is 10.2 Å². The van der Waals surface area contributed by atoms with E-state index < -0.39 is 0 Å². The molecule has 0 aliphatic heterocycles. The Hall–Kier alpha value is -2.21. The Morgan fingerprint density at radius 2 is 2.13 bits per heavy atom. The zero-order chi connectivity index (χ0) is 16.4. The monoisotopic (exact) mass is 329 g/mol. The number of nitrogens with one attached hydrogen (secondary N) is 1. The molecule has 5 nitrogen and oxygen atoms in total. The molecule has 2 aromatic heterocycles. The minimum atomic E-state index is -0.106. The second-order valence-electron chi connectivity index (χ2n) is 5.62. The predicted molar refractivity (Wildman–Crippen MR) is 91.9 cm³/mol. The highest BCUT2D eigenvalue weighted by Crippen LogP contribution is 2.27. The molecule has 6 heteroatoms. The lowest BCUT2D eigenvalue weighted by atomic mass is 10.0. The Morgan fingerprint density at radius 3 is 2.91 bits per heavy atom. The number of nitrogens with zero attached hydrogens (tertiary/aromatic N) is 2. The van der Waals surface area contributed by atoms with E-state index in [1.54, 1.807) is 6.26 Å². The van der Waals surface area contributed by atoms with Crippen molar-refractivity contribution >= 4 is 33.3 Å². The highest BCUT2D eigenvalue weighted by Gasteiger charge is 2.14. The molecule has 0 radical (unpaired) electrons. The topological polar surface area (TPSA) is 68.0 Å². The van der Waals surface area contributed by atoms with Crippen LogP contribution < -0.4 is 5.32 Å². The Balaban J connectivity index is 1.73. The van der Waals surface area contributed by atoms with Gasteiger partial charge in [0.25, 0.3) is 0 Å². The van der Waals surface area contributed by atoms with Gasteiger partial charge in [0.1, 0.15) is 10.6 Å². The maximum absolute atomic E-state index is 12.2. The lowest BCUT2D eigenvalue weighted by molar-refractivity contribution is -0.115. The largest absolute Gasteiger partial charge is 0.464 e. The molecule has 0 aliphatic carbocycles. The molecule has 0 aliphatic rings. The molecule has 0 bridgehead atoms. The average molecular weight is 329 g/mol. The van der Waals surface area contributed by atoms with Crippen LogP contribution in [0.5, 0.6) is 0 Å². The molecule has 1 N–H and O–H groups in total. The summed E-state index contributed by atoms with van der Waals surface area (Å²) < 4.78 is 5.64. The van der Waals surface area contributed by atoms with Crippen molar-refractivity contribution in [1.82, 2.24) is 10.2 Å². The van der Waals surface area contributed by atoms with Crippen molar-refractivity contribution in [3.8, 4) is 0 Å². The Kier molecular flexibility index (Phi) is 4.43. The lowest BCUT2D eigenvalue weighted by Crippen LogP contribution is -2.14. The molecule has 23 heavy (non-hydrogen) atoms. The fourth-order valence-electron chi connectivity index (χ4n) is 2.48. The van der Waals surface area contributed by atoms with Gasteiger partial charge in [0.15, 0.2) is 0 Å². The van der Waals surface area contributed by atoms with Crippen LogP contribution in [0.4, 0.5) is 5.13 Å². The molecular formula is C17H19N3O2S. The van der Waals surface area contributed by atoms with Gasteiger partial charge in [-0.2, -0.15) is 0 Å². The first-order valence-corrected chi connectivity index (χ1v) is 8.48. The van der Waals surface area contributed by atoms with Crippen molar-refractivity contribution < 1.29 is 9.21 Å². The zero-order valence-electron chi connectivity index (χ0n) is 13.5. The van der Waals surface area contributed by atoms with Crippen LogP contribution in [-0.2, 0) is 17.6 Å². The molecule has 120 valence electrons. The molecular weight excluding hydrogens is 310 g/mol. The third-order valence-electron chi connectivity index (χ3n) is 3.87. The number of benzene rings is 1. The Morgan fingerprint density at radius 1 is 1.30 bits per heavy atom. The molecule has 3 rings (SSSR count). The fraction of sp³-hybridized carbons (Fsp3) is 0.353. The van der Waals surface area contributed by atoms with Gasteiger partial charge in [0.05, 0.1) is 12.7 Å². The van der Waals surface area contributed by atoms with Crippen LogP contribution >= 0.6 is 11.3 Å². The normalized spacial score (nSPS) is 11.1. The highest BCUT2D eigenvalue weighted by molar-refractivity contribution is 7.15. The van der Waals surface area contributed by atoms with Gasteiger partial charge in [-0.05, 0) is 31.4 Å². The lowest BCUT2D eigenvalue weighted by Gasteiger charge is -2.02. The maximum atomic E-state index is 12.2. The van der Waals surface area contributed by atoms with Crippen molar-refractivity contribution in [3.63, 3.8) is 0 Å². The molecule has 1 amide bonds. The van der Waals surface area contributed by atoms with Gasteiger partial charge >= 0.3 is 0 Å². The number of rotatable bonds is 5. The number of hydrogen-bond donors (Lipinski definition) is 1. The number of carbonyl (C=O) groups is 1. The number of aromatic nitrogens is 2. The number of amides is 1. The van der Waals surface area contributed by atoms with Crippen molar-refractivity contribution in [3.05, 3.63) is 40.1 Å². The number of carbonyl (C=O) groups excluding carboxylic acids is 1. The van der Waals surface area contributed by atoms with Gasteiger partial charge in [0, 0.05) is 17.4 Å². The van der Waals surface area contributed by atoms with E-state index >= 15 is 0 Å². The van der Waals surface area contributed by atoms with E-state index in [9.17, 15) is 4.79 Å². The summed E-state index contributed by atoms with van der Waals surface area (Å²) in [6.07, 6.45) is 3.83. The first-order chi connectivity index (χ1) is 11.1. The summed E-state index contributed by atoms with van der Waals surface area (Å²) in [4.78, 5) is 12.2. The summed E-state index contributed by atoms with van der Waals surface area (Å²) in [5.41, 5.74) is 4.04. The minimum Gasteiger partial charge on any atom is -0.464 e. The highest BCUT2D eigenvalue weighted by atomic mass is 32.1. The second-order valence-corrected chi connectivity index (χ2v) is 6.68. The molecule has 0 unspecified atom stereocenters. The van der Waals surface area contributed by atoms with Gasteiger partial charge < -0.3 is 9.73 Å². The summed E-state index contributed by atoms with van der Waals surface area (Å²) in [6.45, 7) is 6.17. The average Bonchev–Trinajstić information content (AvgIpc) is 3.11. The van der Waals surface area contributed by atoms with Crippen molar-refractivity contribution in [1.29, 1.82) is 0 Å². The third-order valence-corrected chi connectivity index (χ3v) is 4.77. The standard InChI is InChI=1S/C17H19N3O2S/c1-4-5-15-19-20-17(23-15)18-14(21)8-12-9-22-16-11(3)10(2)6-7-13(12)16/h6-7,9H,4-5,8H2,1-3H3,(H,18,20,21). The maximum Gasteiger partial charge on any atom is 0.230 e. The molecule has 0 saturated heterocycles. The first-order valence-electron chi connectivity index (χ1n) is 7.67. The van der Waals surface area contributed by atoms with E-state index in [4.69, 9.17) is 4.42 Å². The van der Waals surface area contributed by atoms with Crippen LogP contribution in [0.3, 0.4) is 0 Å². The van der Waals surface area contributed by atoms with Gasteiger partial charge in [-0.3, -0.25) is 4.79 Å². The summed E-state index contributed by atoms with van der Waals surface area (Å²) in [7, 11) is 0. The van der Waals surface area contributed by atoms with Crippen LogP contribution in [0.15, 0.2) is 22.8 Å². The van der Waals surface area contributed by atoms with Gasteiger partial charge in [0.2, 0.25) is 11.0 Å². The van der Waals surface area contributed by atoms with E-state index in [0.717, 1.165) is 39.9 Å². The van der Waals surface area contributed by atoms with E-state index in [2.05, 4.69) is 28.5 Å². The molecule has 0 saturated carbocycles. The SMILES string of the molecule is CCCc1nnc(NC(=O)Cc2coc3c(C)c(C)ccc23)s1. The van der Waals surface area contributed by atoms with E-state index in [1.807, 2.05) is 19.9 Å². The van der Waals surface area contributed by atoms with E-state index in [1.165, 1.54) is 16.9 Å². The van der Waals surface area contributed by atoms with Crippen LogP contribution in [0.2, 0.25) is 0 Å². The molecule has 1 aromatic carbocycles. The molecule has 0 fully saturated rings. The summed E-state index contributed by atoms with van der Waals surface area (Å²) >= 11 is 1.43. The smallest absolute Gasteiger partial charge is 0.230 e. The van der Waals surface area contributed by atoms with Crippen molar-refractivity contribution in [2.45, 2.75) is 40.0 Å². The molecule has 2 heterocycles. The van der Waals surface area contributed by atoms with E-state index in [-0.39, 0.29) is 12.3 Å². The number of fused-ring (bicyclic) bond motifs is 1. The molecule has 0 atom stereocenters. The number of anilines is 1. The number of aryl methyl sites for hydroxylation is 3. The quantitative estimate of drug-likeness (QED) is 0.767. The van der Waals surface area contributed by atoms with Crippen molar-refractivity contribution in [2.24, 2.45) is 0 Å². The van der Waals surface area contributed by atoms with E-state index in [0.29, 0.717) is 5.13 Å². The molecule has 3 aromatic rings. The van der Waals surface area contributed by atoms with Crippen molar-refractivity contribution in [2.75, 3.05) is 5.32 Å². The predicted octanol–water partition coefficient (Wildman–Crippen LogP) is 4.03. The summed E-state index contributed by atoms with van der Waals surface area (Å²) in [5.74, 6) is -0.106.